The molecule has 0 atom stereocenters. The maximum Gasteiger partial charge on any atom is 0.0384 e. The van der Waals surface area contributed by atoms with Crippen molar-refractivity contribution in [3.05, 3.63) is 131 Å². The lowest BCUT2D eigenvalue weighted by Gasteiger charge is -2.07. The van der Waals surface area contributed by atoms with Gasteiger partial charge in [-0.2, -0.15) is 0 Å². The van der Waals surface area contributed by atoms with Gasteiger partial charge in [0, 0.05) is 11.4 Å². The number of nitrogens with one attached hydrogen (secondary N) is 1. The zero-order chi connectivity index (χ0) is 19.7. The molecule has 0 heterocycles. The molecule has 1 heteroatoms. The topological polar surface area (TPSA) is 12.0 Å². The molecule has 4 rings (SSSR count). The highest BCUT2D eigenvalue weighted by Gasteiger charge is 1.96. The van der Waals surface area contributed by atoms with Gasteiger partial charge in [-0.15, -0.1) is 0 Å². The molecular weight excluding hydrogens is 350 g/mol. The van der Waals surface area contributed by atoms with E-state index in [0.717, 1.165) is 11.4 Å². The van der Waals surface area contributed by atoms with Gasteiger partial charge < -0.3 is 5.32 Å². The molecule has 4 aromatic carbocycles. The highest BCUT2D eigenvalue weighted by atomic mass is 14.9. The number of hydrogen-bond donors (Lipinski definition) is 1. The molecule has 0 spiro atoms. The van der Waals surface area contributed by atoms with Crippen molar-refractivity contribution in [1.29, 1.82) is 0 Å². The minimum Gasteiger partial charge on any atom is -0.356 e. The van der Waals surface area contributed by atoms with E-state index in [1.807, 2.05) is 12.1 Å². The van der Waals surface area contributed by atoms with Gasteiger partial charge in [0.15, 0.2) is 0 Å². The molecular formula is C28H23N. The molecule has 0 aliphatic rings. The highest BCUT2D eigenvalue weighted by molar-refractivity contribution is 5.73. The summed E-state index contributed by atoms with van der Waals surface area (Å²) in [7, 11) is 0. The zero-order valence-corrected chi connectivity index (χ0v) is 16.2. The van der Waals surface area contributed by atoms with Gasteiger partial charge in [0.2, 0.25) is 0 Å². The molecule has 1 N–H and O–H groups in total. The normalized spacial score (nSPS) is 11.2. The van der Waals surface area contributed by atoms with Crippen LogP contribution in [-0.4, -0.2) is 0 Å². The summed E-state index contributed by atoms with van der Waals surface area (Å²) >= 11 is 0. The summed E-state index contributed by atoms with van der Waals surface area (Å²) < 4.78 is 0. The summed E-state index contributed by atoms with van der Waals surface area (Å²) in [6, 6.07) is 37.6. The Bertz CT molecular complexity index is 984. The van der Waals surface area contributed by atoms with Crippen molar-refractivity contribution in [2.75, 3.05) is 5.32 Å². The van der Waals surface area contributed by atoms with Crippen LogP contribution in [0.1, 0.15) is 22.3 Å². The average molecular weight is 373 g/mol. The Kier molecular flexibility index (Phi) is 5.99. The number of benzene rings is 4. The second-order valence-electron chi connectivity index (χ2n) is 6.86. The Hall–Kier alpha value is -3.84. The third kappa shape index (κ3) is 5.57. The maximum absolute atomic E-state index is 3.46. The molecule has 0 saturated carbocycles. The van der Waals surface area contributed by atoms with E-state index in [1.165, 1.54) is 22.3 Å². The predicted molar refractivity (Wildman–Crippen MR) is 127 cm³/mol. The van der Waals surface area contributed by atoms with Crippen LogP contribution in [0, 0.1) is 0 Å². The lowest BCUT2D eigenvalue weighted by atomic mass is 10.1. The first-order valence-electron chi connectivity index (χ1n) is 9.79. The van der Waals surface area contributed by atoms with Crippen LogP contribution in [0.4, 0.5) is 11.4 Å². The zero-order valence-electron chi connectivity index (χ0n) is 16.2. The minimum atomic E-state index is 1.08. The van der Waals surface area contributed by atoms with E-state index in [-0.39, 0.29) is 0 Å². The molecule has 0 aliphatic carbocycles. The van der Waals surface area contributed by atoms with Gasteiger partial charge in [-0.25, -0.2) is 0 Å². The number of hydrogen-bond acceptors (Lipinski definition) is 1. The molecule has 0 saturated heterocycles. The van der Waals surface area contributed by atoms with Gasteiger partial charge in [0.1, 0.15) is 0 Å². The summed E-state index contributed by atoms with van der Waals surface area (Å²) in [6.07, 6.45) is 8.52. The van der Waals surface area contributed by atoms with E-state index < -0.39 is 0 Å². The second-order valence-corrected chi connectivity index (χ2v) is 6.86. The molecule has 4 aromatic rings. The van der Waals surface area contributed by atoms with Gasteiger partial charge in [-0.05, 0) is 46.5 Å². The largest absolute Gasteiger partial charge is 0.356 e. The van der Waals surface area contributed by atoms with E-state index >= 15 is 0 Å². The summed E-state index contributed by atoms with van der Waals surface area (Å²) in [5, 5.41) is 3.46. The summed E-state index contributed by atoms with van der Waals surface area (Å²) in [5.74, 6) is 0. The fraction of sp³-hybridized carbons (Fsp3) is 0. The van der Waals surface area contributed by atoms with E-state index in [0.29, 0.717) is 0 Å². The Balaban J connectivity index is 1.36. The first kappa shape index (κ1) is 18.5. The summed E-state index contributed by atoms with van der Waals surface area (Å²) in [4.78, 5) is 0. The summed E-state index contributed by atoms with van der Waals surface area (Å²) in [6.45, 7) is 0. The van der Waals surface area contributed by atoms with Crippen LogP contribution >= 0.6 is 0 Å². The minimum absolute atomic E-state index is 1.08. The third-order valence-corrected chi connectivity index (χ3v) is 4.65. The van der Waals surface area contributed by atoms with Crippen LogP contribution in [0.25, 0.3) is 24.3 Å². The lowest BCUT2D eigenvalue weighted by Crippen LogP contribution is -1.89. The number of rotatable bonds is 6. The van der Waals surface area contributed by atoms with Crippen molar-refractivity contribution in [2.24, 2.45) is 0 Å². The van der Waals surface area contributed by atoms with Crippen LogP contribution in [0.3, 0.4) is 0 Å². The van der Waals surface area contributed by atoms with Crippen molar-refractivity contribution < 1.29 is 0 Å². The van der Waals surface area contributed by atoms with Crippen molar-refractivity contribution in [3.8, 4) is 0 Å². The number of anilines is 2. The van der Waals surface area contributed by atoms with Crippen LogP contribution in [0.15, 0.2) is 109 Å². The molecule has 29 heavy (non-hydrogen) atoms. The Morgan fingerprint density at radius 3 is 1.00 bits per heavy atom. The Morgan fingerprint density at radius 2 is 0.655 bits per heavy atom. The van der Waals surface area contributed by atoms with Crippen molar-refractivity contribution in [3.63, 3.8) is 0 Å². The van der Waals surface area contributed by atoms with E-state index in [4.69, 9.17) is 0 Å². The third-order valence-electron chi connectivity index (χ3n) is 4.65. The maximum atomic E-state index is 3.46. The van der Waals surface area contributed by atoms with Crippen LogP contribution in [0.2, 0.25) is 0 Å². The second kappa shape index (κ2) is 9.38. The van der Waals surface area contributed by atoms with Crippen LogP contribution < -0.4 is 5.32 Å². The van der Waals surface area contributed by atoms with Gasteiger partial charge >= 0.3 is 0 Å². The smallest absolute Gasteiger partial charge is 0.0384 e. The molecule has 0 unspecified atom stereocenters. The molecule has 0 amide bonds. The Morgan fingerprint density at radius 1 is 0.345 bits per heavy atom. The Labute approximate surface area is 172 Å². The SMILES string of the molecule is C(=C\c1ccc(Nc2ccc(/C=C/c3ccccc3)cc2)cc1)/c1ccccc1. The van der Waals surface area contributed by atoms with Crippen LogP contribution in [-0.2, 0) is 0 Å². The van der Waals surface area contributed by atoms with Gasteiger partial charge in [-0.3, -0.25) is 0 Å². The van der Waals surface area contributed by atoms with E-state index in [9.17, 15) is 0 Å². The molecule has 0 radical (unpaired) electrons. The molecule has 0 fully saturated rings. The van der Waals surface area contributed by atoms with Gasteiger partial charge in [0.05, 0.1) is 0 Å². The molecule has 0 aliphatic heterocycles. The van der Waals surface area contributed by atoms with Crippen LogP contribution in [0.5, 0.6) is 0 Å². The van der Waals surface area contributed by atoms with Crippen molar-refractivity contribution in [1.82, 2.24) is 0 Å². The molecule has 0 bridgehead atoms. The fourth-order valence-corrected chi connectivity index (χ4v) is 3.03. The molecule has 140 valence electrons. The monoisotopic (exact) mass is 373 g/mol. The fourth-order valence-electron chi connectivity index (χ4n) is 3.03. The molecule has 1 nitrogen and oxygen atoms in total. The van der Waals surface area contributed by atoms with Gasteiger partial charge in [0.25, 0.3) is 0 Å². The van der Waals surface area contributed by atoms with Crippen molar-refractivity contribution in [2.45, 2.75) is 0 Å². The van der Waals surface area contributed by atoms with Crippen molar-refractivity contribution >= 4 is 35.7 Å². The average Bonchev–Trinajstić information content (AvgIpc) is 2.80. The van der Waals surface area contributed by atoms with Gasteiger partial charge in [-0.1, -0.05) is 109 Å². The quantitative estimate of drug-likeness (QED) is 0.340. The first-order chi connectivity index (χ1) is 14.3. The standard InChI is InChI=1S/C28H23N/c1-3-7-23(8-4-1)11-13-25-15-19-27(20-16-25)29-28-21-17-26(18-22-28)14-12-24-9-5-2-6-10-24/h1-22,29H/b13-11+,14-12+. The lowest BCUT2D eigenvalue weighted by molar-refractivity contribution is 1.53. The predicted octanol–water partition coefficient (Wildman–Crippen LogP) is 7.77. The van der Waals surface area contributed by atoms with E-state index in [2.05, 4.69) is 127 Å². The highest BCUT2D eigenvalue weighted by Crippen LogP contribution is 2.19. The molecule has 0 aromatic heterocycles. The first-order valence-corrected chi connectivity index (χ1v) is 9.79. The van der Waals surface area contributed by atoms with E-state index in [1.54, 1.807) is 0 Å². The summed E-state index contributed by atoms with van der Waals surface area (Å²) in [5.41, 5.74) is 6.93.